The molecule has 0 saturated carbocycles. The second-order valence-electron chi connectivity index (χ2n) is 5.06. The molecule has 0 fully saturated rings. The highest BCUT2D eigenvalue weighted by Gasteiger charge is 2.07. The molecule has 1 aromatic carbocycles. The van der Waals surface area contributed by atoms with Gasteiger partial charge in [-0.2, -0.15) is 0 Å². The minimum absolute atomic E-state index is 0.139. The van der Waals surface area contributed by atoms with E-state index in [0.717, 1.165) is 12.1 Å². The number of benzene rings is 1. The van der Waals surface area contributed by atoms with Crippen molar-refractivity contribution in [2.75, 3.05) is 5.32 Å². The third kappa shape index (κ3) is 6.22. The first-order valence-electron chi connectivity index (χ1n) is 7.14. The molecule has 0 spiro atoms. The molecule has 1 atom stereocenters. The average Bonchev–Trinajstić information content (AvgIpc) is 2.38. The first kappa shape index (κ1) is 15.5. The molecule has 106 valence electrons. The Kier molecular flexibility index (Phi) is 6.93. The number of nitro benzene ring substituents is 1. The summed E-state index contributed by atoms with van der Waals surface area (Å²) >= 11 is 0. The second-order valence-corrected chi connectivity index (χ2v) is 5.06. The van der Waals surface area contributed by atoms with E-state index in [4.69, 9.17) is 0 Å². The number of nitrogens with zero attached hydrogens (tertiary/aromatic N) is 1. The summed E-state index contributed by atoms with van der Waals surface area (Å²) in [6.07, 6.45) is 7.47. The number of nitro groups is 1. The number of hydrogen-bond acceptors (Lipinski definition) is 3. The van der Waals surface area contributed by atoms with E-state index in [1.807, 2.05) is 6.07 Å². The first-order valence-corrected chi connectivity index (χ1v) is 7.14. The number of nitrogens with one attached hydrogen (secondary N) is 1. The third-order valence-corrected chi connectivity index (χ3v) is 3.21. The Morgan fingerprint density at radius 3 is 2.68 bits per heavy atom. The van der Waals surface area contributed by atoms with E-state index in [2.05, 4.69) is 19.2 Å². The van der Waals surface area contributed by atoms with Gasteiger partial charge in [-0.15, -0.1) is 0 Å². The number of non-ortho nitro benzene ring substituents is 1. The van der Waals surface area contributed by atoms with E-state index < -0.39 is 0 Å². The zero-order chi connectivity index (χ0) is 14.1. The molecule has 4 heteroatoms. The standard InChI is InChI=1S/C15H24N2O2/c1-3-4-5-6-7-9-13(2)16-14-10-8-11-15(12-14)17(18)19/h8,10-13,16H,3-7,9H2,1-2H3. The topological polar surface area (TPSA) is 55.2 Å². The van der Waals surface area contributed by atoms with Crippen LogP contribution in [0, 0.1) is 10.1 Å². The lowest BCUT2D eigenvalue weighted by atomic mass is 10.1. The van der Waals surface area contributed by atoms with E-state index in [1.54, 1.807) is 12.1 Å². The van der Waals surface area contributed by atoms with Crippen LogP contribution < -0.4 is 5.32 Å². The van der Waals surface area contributed by atoms with E-state index in [-0.39, 0.29) is 10.6 Å². The van der Waals surface area contributed by atoms with Crippen LogP contribution in [0.25, 0.3) is 0 Å². The molecule has 0 bridgehead atoms. The van der Waals surface area contributed by atoms with E-state index in [0.29, 0.717) is 6.04 Å². The Hall–Kier alpha value is -1.58. The lowest BCUT2D eigenvalue weighted by Crippen LogP contribution is -2.14. The van der Waals surface area contributed by atoms with Gasteiger partial charge in [0.15, 0.2) is 0 Å². The molecule has 0 aliphatic carbocycles. The van der Waals surface area contributed by atoms with Crippen LogP contribution in [0.4, 0.5) is 11.4 Å². The van der Waals surface area contributed by atoms with Crippen molar-refractivity contribution in [2.24, 2.45) is 0 Å². The van der Waals surface area contributed by atoms with Crippen LogP contribution in [0.2, 0.25) is 0 Å². The van der Waals surface area contributed by atoms with Crippen LogP contribution >= 0.6 is 0 Å². The maximum atomic E-state index is 10.7. The molecular weight excluding hydrogens is 240 g/mol. The van der Waals surface area contributed by atoms with Crippen molar-refractivity contribution in [3.63, 3.8) is 0 Å². The van der Waals surface area contributed by atoms with E-state index in [1.165, 1.54) is 38.2 Å². The monoisotopic (exact) mass is 264 g/mol. The number of anilines is 1. The van der Waals surface area contributed by atoms with Crippen LogP contribution in [-0.2, 0) is 0 Å². The summed E-state index contributed by atoms with van der Waals surface area (Å²) in [6.45, 7) is 4.34. The van der Waals surface area contributed by atoms with Gasteiger partial charge in [-0.25, -0.2) is 0 Å². The summed E-state index contributed by atoms with van der Waals surface area (Å²) in [5, 5.41) is 14.0. The molecule has 0 radical (unpaired) electrons. The summed E-state index contributed by atoms with van der Waals surface area (Å²) in [5.41, 5.74) is 0.968. The quantitative estimate of drug-likeness (QED) is 0.397. The summed E-state index contributed by atoms with van der Waals surface area (Å²) < 4.78 is 0. The number of rotatable bonds is 9. The molecule has 0 heterocycles. The normalized spacial score (nSPS) is 12.1. The van der Waals surface area contributed by atoms with E-state index >= 15 is 0 Å². The SMILES string of the molecule is CCCCCCCC(C)Nc1cccc([N+](=O)[O-])c1. The zero-order valence-electron chi connectivity index (χ0n) is 11.9. The molecule has 1 aromatic rings. The minimum atomic E-state index is -0.361. The third-order valence-electron chi connectivity index (χ3n) is 3.21. The maximum Gasteiger partial charge on any atom is 0.271 e. The van der Waals surface area contributed by atoms with Crippen LogP contribution in [0.3, 0.4) is 0 Å². The average molecular weight is 264 g/mol. The molecular formula is C15H24N2O2. The fourth-order valence-corrected chi connectivity index (χ4v) is 2.12. The Morgan fingerprint density at radius 2 is 2.00 bits per heavy atom. The van der Waals surface area contributed by atoms with Gasteiger partial charge in [-0.3, -0.25) is 10.1 Å². The van der Waals surface area contributed by atoms with Crippen LogP contribution in [-0.4, -0.2) is 11.0 Å². The smallest absolute Gasteiger partial charge is 0.271 e. The fourth-order valence-electron chi connectivity index (χ4n) is 2.12. The maximum absolute atomic E-state index is 10.7. The van der Waals surface area contributed by atoms with Crippen molar-refractivity contribution in [2.45, 2.75) is 58.4 Å². The second kappa shape index (κ2) is 8.51. The van der Waals surface area contributed by atoms with Crippen molar-refractivity contribution in [3.05, 3.63) is 34.4 Å². The zero-order valence-corrected chi connectivity index (χ0v) is 11.9. The summed E-state index contributed by atoms with van der Waals surface area (Å²) in [4.78, 5) is 10.3. The summed E-state index contributed by atoms with van der Waals surface area (Å²) in [7, 11) is 0. The molecule has 4 nitrogen and oxygen atoms in total. The predicted octanol–water partition coefficient (Wildman–Crippen LogP) is 4.76. The fraction of sp³-hybridized carbons (Fsp3) is 0.600. The van der Waals surface area contributed by atoms with Crippen LogP contribution in [0.5, 0.6) is 0 Å². The van der Waals surface area contributed by atoms with Crippen LogP contribution in [0.1, 0.15) is 52.4 Å². The van der Waals surface area contributed by atoms with Gasteiger partial charge in [0.25, 0.3) is 5.69 Å². The Balaban J connectivity index is 2.33. The molecule has 1 unspecified atom stereocenters. The molecule has 1 rings (SSSR count). The van der Waals surface area contributed by atoms with Crippen molar-refractivity contribution in [1.82, 2.24) is 0 Å². The van der Waals surface area contributed by atoms with Gasteiger partial charge in [0.05, 0.1) is 4.92 Å². The van der Waals surface area contributed by atoms with Gasteiger partial charge in [0.2, 0.25) is 0 Å². The summed E-state index contributed by atoms with van der Waals surface area (Å²) in [6, 6.07) is 7.05. The molecule has 0 amide bonds. The molecule has 0 aliphatic heterocycles. The van der Waals surface area contributed by atoms with Crippen molar-refractivity contribution >= 4 is 11.4 Å². The lowest BCUT2D eigenvalue weighted by molar-refractivity contribution is -0.384. The van der Waals surface area contributed by atoms with Crippen LogP contribution in [0.15, 0.2) is 24.3 Å². The molecule has 1 N–H and O–H groups in total. The largest absolute Gasteiger partial charge is 0.382 e. The Bertz CT molecular complexity index is 393. The molecule has 0 saturated heterocycles. The van der Waals surface area contributed by atoms with E-state index in [9.17, 15) is 10.1 Å². The number of unbranched alkanes of at least 4 members (excludes halogenated alkanes) is 4. The van der Waals surface area contributed by atoms with Gasteiger partial charge < -0.3 is 5.32 Å². The van der Waals surface area contributed by atoms with Gasteiger partial charge in [-0.1, -0.05) is 45.1 Å². The molecule has 19 heavy (non-hydrogen) atoms. The first-order chi connectivity index (χ1) is 9.13. The highest BCUT2D eigenvalue weighted by atomic mass is 16.6. The Labute approximate surface area is 115 Å². The number of hydrogen-bond donors (Lipinski definition) is 1. The van der Waals surface area contributed by atoms with Crippen molar-refractivity contribution < 1.29 is 4.92 Å². The van der Waals surface area contributed by atoms with Gasteiger partial charge in [-0.05, 0) is 19.4 Å². The van der Waals surface area contributed by atoms with Gasteiger partial charge in [0, 0.05) is 23.9 Å². The molecule has 0 aromatic heterocycles. The minimum Gasteiger partial charge on any atom is -0.382 e. The Morgan fingerprint density at radius 1 is 1.26 bits per heavy atom. The lowest BCUT2D eigenvalue weighted by Gasteiger charge is -2.14. The molecule has 0 aliphatic rings. The highest BCUT2D eigenvalue weighted by Crippen LogP contribution is 2.19. The van der Waals surface area contributed by atoms with Crippen molar-refractivity contribution in [1.29, 1.82) is 0 Å². The highest BCUT2D eigenvalue weighted by molar-refractivity contribution is 5.51. The van der Waals surface area contributed by atoms with Gasteiger partial charge >= 0.3 is 0 Å². The van der Waals surface area contributed by atoms with Crippen molar-refractivity contribution in [3.8, 4) is 0 Å². The summed E-state index contributed by atoms with van der Waals surface area (Å²) in [5.74, 6) is 0. The van der Waals surface area contributed by atoms with Gasteiger partial charge in [0.1, 0.15) is 0 Å². The predicted molar refractivity (Wildman–Crippen MR) is 79.6 cm³/mol.